The van der Waals surface area contributed by atoms with Gasteiger partial charge in [-0.2, -0.15) is 0 Å². The lowest BCUT2D eigenvalue weighted by Crippen LogP contribution is -2.27. The largest absolute Gasteiger partial charge is 0.483 e. The van der Waals surface area contributed by atoms with Crippen LogP contribution >= 0.6 is 23.1 Å². The number of carbonyl (C=O) groups excluding carboxylic acids is 1. The number of para-hydroxylation sites is 1. The molecule has 0 saturated heterocycles. The Morgan fingerprint density at radius 2 is 2.21 bits per heavy atom. The lowest BCUT2D eigenvalue weighted by atomic mass is 10.3. The third-order valence-electron chi connectivity index (χ3n) is 3.98. The van der Waals surface area contributed by atoms with Crippen molar-refractivity contribution in [3.8, 4) is 5.75 Å². The summed E-state index contributed by atoms with van der Waals surface area (Å²) in [7, 11) is 0. The van der Waals surface area contributed by atoms with Crippen LogP contribution in [0.3, 0.4) is 0 Å². The summed E-state index contributed by atoms with van der Waals surface area (Å²) in [5.41, 5.74) is 0. The Balaban J connectivity index is 1.59. The summed E-state index contributed by atoms with van der Waals surface area (Å²) in [6.45, 7) is 6.22. The van der Waals surface area contributed by atoms with Crippen LogP contribution in [-0.2, 0) is 17.9 Å². The first kappa shape index (κ1) is 21.1. The van der Waals surface area contributed by atoms with Crippen LogP contribution in [0.25, 0.3) is 0 Å². The summed E-state index contributed by atoms with van der Waals surface area (Å²) in [6.07, 6.45) is 1.71. The second-order valence-electron chi connectivity index (χ2n) is 6.11. The van der Waals surface area contributed by atoms with Crippen molar-refractivity contribution in [1.82, 2.24) is 20.1 Å². The van der Waals surface area contributed by atoms with Gasteiger partial charge in [-0.25, -0.2) is 4.39 Å². The molecule has 6 nitrogen and oxygen atoms in total. The van der Waals surface area contributed by atoms with Crippen LogP contribution in [0, 0.1) is 5.82 Å². The summed E-state index contributed by atoms with van der Waals surface area (Å²) in [6, 6.07) is 10.1. The average molecular weight is 433 g/mol. The maximum Gasteiger partial charge on any atom is 0.230 e. The second-order valence-corrected chi connectivity index (χ2v) is 8.03. The molecule has 1 aromatic carbocycles. The van der Waals surface area contributed by atoms with E-state index in [0.29, 0.717) is 17.5 Å². The summed E-state index contributed by atoms with van der Waals surface area (Å²) in [4.78, 5) is 13.4. The second kappa shape index (κ2) is 10.2. The smallest absolute Gasteiger partial charge is 0.230 e. The molecule has 1 atom stereocenters. The lowest BCUT2D eigenvalue weighted by molar-refractivity contribution is -0.119. The SMILES string of the molecule is C=CCn1c(COc2ccccc2F)nnc1SCC(=O)NC(C)c1cccs1. The van der Waals surface area contributed by atoms with Crippen molar-refractivity contribution >= 4 is 29.0 Å². The number of nitrogens with zero attached hydrogens (tertiary/aromatic N) is 3. The number of hydrogen-bond acceptors (Lipinski definition) is 6. The number of hydrogen-bond donors (Lipinski definition) is 1. The van der Waals surface area contributed by atoms with E-state index in [1.165, 1.54) is 17.8 Å². The molecular weight excluding hydrogens is 411 g/mol. The van der Waals surface area contributed by atoms with Crippen molar-refractivity contribution in [1.29, 1.82) is 0 Å². The van der Waals surface area contributed by atoms with Gasteiger partial charge in [-0.15, -0.1) is 28.1 Å². The van der Waals surface area contributed by atoms with Gasteiger partial charge < -0.3 is 10.1 Å². The highest BCUT2D eigenvalue weighted by Crippen LogP contribution is 2.21. The fourth-order valence-electron chi connectivity index (χ4n) is 2.57. The van der Waals surface area contributed by atoms with Crippen molar-refractivity contribution in [2.45, 2.75) is 31.3 Å². The number of aromatic nitrogens is 3. The Bertz CT molecular complexity index is 959. The molecule has 9 heteroatoms. The van der Waals surface area contributed by atoms with Gasteiger partial charge in [-0.05, 0) is 30.5 Å². The number of allylic oxidation sites excluding steroid dienone is 1. The first-order valence-corrected chi connectivity index (χ1v) is 10.8. The van der Waals surface area contributed by atoms with E-state index < -0.39 is 5.82 Å². The minimum Gasteiger partial charge on any atom is -0.483 e. The number of amides is 1. The molecule has 1 unspecified atom stereocenters. The normalized spacial score (nSPS) is 11.8. The van der Waals surface area contributed by atoms with Crippen molar-refractivity contribution in [2.75, 3.05) is 5.75 Å². The van der Waals surface area contributed by atoms with E-state index in [1.807, 2.05) is 24.4 Å². The minimum absolute atomic E-state index is 0.0427. The van der Waals surface area contributed by atoms with Crippen LogP contribution < -0.4 is 10.1 Å². The van der Waals surface area contributed by atoms with Gasteiger partial charge in [0.2, 0.25) is 5.91 Å². The number of nitrogens with one attached hydrogen (secondary N) is 1. The number of ether oxygens (including phenoxy) is 1. The quantitative estimate of drug-likeness (QED) is 0.384. The van der Waals surface area contributed by atoms with Crippen LogP contribution in [-0.4, -0.2) is 26.4 Å². The van der Waals surface area contributed by atoms with E-state index in [-0.39, 0.29) is 30.1 Å². The van der Waals surface area contributed by atoms with Crippen molar-refractivity contribution in [3.05, 3.63) is 71.0 Å². The molecule has 0 spiro atoms. The molecule has 3 aromatic rings. The number of halogens is 1. The van der Waals surface area contributed by atoms with Crippen LogP contribution in [0.5, 0.6) is 5.75 Å². The molecule has 0 fully saturated rings. The van der Waals surface area contributed by atoms with Crippen LogP contribution in [0.1, 0.15) is 23.7 Å². The van der Waals surface area contributed by atoms with Crippen molar-refractivity contribution in [3.63, 3.8) is 0 Å². The number of carbonyl (C=O) groups is 1. The molecule has 29 heavy (non-hydrogen) atoms. The first-order chi connectivity index (χ1) is 14.1. The Hall–Kier alpha value is -2.65. The van der Waals surface area contributed by atoms with Crippen LogP contribution in [0.4, 0.5) is 4.39 Å². The molecular formula is C20H21FN4O2S2. The zero-order chi connectivity index (χ0) is 20.6. The summed E-state index contributed by atoms with van der Waals surface area (Å²) < 4.78 is 21.1. The van der Waals surface area contributed by atoms with Gasteiger partial charge in [0.05, 0.1) is 11.8 Å². The Kier molecular flexibility index (Phi) is 7.42. The van der Waals surface area contributed by atoms with Gasteiger partial charge in [0.15, 0.2) is 22.5 Å². The number of thioether (sulfide) groups is 1. The highest BCUT2D eigenvalue weighted by molar-refractivity contribution is 7.99. The molecule has 0 saturated carbocycles. The third kappa shape index (κ3) is 5.68. The zero-order valence-corrected chi connectivity index (χ0v) is 17.5. The van der Waals surface area contributed by atoms with Gasteiger partial charge in [0.25, 0.3) is 0 Å². The molecule has 0 aliphatic carbocycles. The average Bonchev–Trinajstić information content (AvgIpc) is 3.37. The predicted octanol–water partition coefficient (Wildman–Crippen LogP) is 4.21. The summed E-state index contributed by atoms with van der Waals surface area (Å²) >= 11 is 2.89. The van der Waals surface area contributed by atoms with Crippen LogP contribution in [0.2, 0.25) is 0 Å². The van der Waals surface area contributed by atoms with Crippen molar-refractivity contribution in [2.24, 2.45) is 0 Å². The fourth-order valence-corrected chi connectivity index (χ4v) is 4.08. The van der Waals surface area contributed by atoms with Crippen molar-refractivity contribution < 1.29 is 13.9 Å². The Morgan fingerprint density at radius 1 is 1.38 bits per heavy atom. The maximum atomic E-state index is 13.7. The van der Waals surface area contributed by atoms with Crippen LogP contribution in [0.15, 0.2) is 59.6 Å². The predicted molar refractivity (Wildman–Crippen MR) is 113 cm³/mol. The highest BCUT2D eigenvalue weighted by Gasteiger charge is 2.16. The Morgan fingerprint density at radius 3 is 2.93 bits per heavy atom. The molecule has 0 aliphatic rings. The fraction of sp³-hybridized carbons (Fsp3) is 0.250. The van der Waals surface area contributed by atoms with E-state index in [1.54, 1.807) is 40.2 Å². The van der Waals surface area contributed by atoms with Gasteiger partial charge in [0, 0.05) is 11.4 Å². The van der Waals surface area contributed by atoms with E-state index in [0.717, 1.165) is 4.88 Å². The highest BCUT2D eigenvalue weighted by atomic mass is 32.2. The standard InChI is InChI=1S/C20H21FN4O2S2/c1-3-10-25-18(12-27-16-8-5-4-7-15(16)21)23-24-20(25)29-13-19(26)22-14(2)17-9-6-11-28-17/h3-9,11,14H,1,10,12-13H2,2H3,(H,22,26). The molecule has 1 N–H and O–H groups in total. The van der Waals surface area contributed by atoms with Gasteiger partial charge >= 0.3 is 0 Å². The maximum absolute atomic E-state index is 13.7. The van der Waals surface area contributed by atoms with E-state index in [2.05, 4.69) is 22.1 Å². The zero-order valence-electron chi connectivity index (χ0n) is 15.9. The first-order valence-electron chi connectivity index (χ1n) is 8.94. The molecule has 0 bridgehead atoms. The van der Waals surface area contributed by atoms with Gasteiger partial charge in [0.1, 0.15) is 6.61 Å². The lowest BCUT2D eigenvalue weighted by Gasteiger charge is -2.12. The van der Waals surface area contributed by atoms with E-state index in [9.17, 15) is 9.18 Å². The monoisotopic (exact) mass is 432 g/mol. The number of thiophene rings is 1. The molecule has 1 amide bonds. The Labute approximate surface area is 176 Å². The topological polar surface area (TPSA) is 69.0 Å². The van der Waals surface area contributed by atoms with E-state index in [4.69, 9.17) is 4.74 Å². The molecule has 0 aliphatic heterocycles. The summed E-state index contributed by atoms with van der Waals surface area (Å²) in [5, 5.41) is 13.8. The molecule has 3 rings (SSSR count). The molecule has 152 valence electrons. The van der Waals surface area contributed by atoms with E-state index >= 15 is 0 Å². The summed E-state index contributed by atoms with van der Waals surface area (Å²) in [5.74, 6) is 0.362. The number of benzene rings is 1. The minimum atomic E-state index is -0.437. The number of rotatable bonds is 10. The van der Waals surface area contributed by atoms with Gasteiger partial charge in [-0.1, -0.05) is 36.0 Å². The molecule has 0 radical (unpaired) electrons. The van der Waals surface area contributed by atoms with Gasteiger partial charge in [-0.3, -0.25) is 9.36 Å². The molecule has 2 aromatic heterocycles. The molecule has 2 heterocycles. The third-order valence-corrected chi connectivity index (χ3v) is 6.00.